The Balaban J connectivity index is 1.67. The monoisotopic (exact) mass is 330 g/mol. The Kier molecular flexibility index (Phi) is 3.66. The van der Waals surface area contributed by atoms with Gasteiger partial charge in [0.2, 0.25) is 0 Å². The third-order valence-electron chi connectivity index (χ3n) is 4.64. The lowest BCUT2D eigenvalue weighted by atomic mass is 9.89. The van der Waals surface area contributed by atoms with Crippen molar-refractivity contribution in [3.63, 3.8) is 0 Å². The first kappa shape index (κ1) is 14.8. The second-order valence-electron chi connectivity index (χ2n) is 6.22. The van der Waals surface area contributed by atoms with Crippen LogP contribution in [-0.2, 0) is 5.79 Å². The van der Waals surface area contributed by atoms with Crippen molar-refractivity contribution in [1.29, 1.82) is 0 Å². The van der Waals surface area contributed by atoms with E-state index in [0.717, 1.165) is 43.0 Å². The minimum atomic E-state index is -0.858. The van der Waals surface area contributed by atoms with Gasteiger partial charge < -0.3 is 14.8 Å². The number of piperidine rings is 1. The Bertz CT molecular complexity index is 713. The second-order valence-corrected chi connectivity index (χ2v) is 6.61. The first-order valence-electron chi connectivity index (χ1n) is 7.99. The van der Waals surface area contributed by atoms with Crippen LogP contribution in [-0.4, -0.2) is 18.1 Å². The van der Waals surface area contributed by atoms with Crippen LogP contribution in [0.2, 0.25) is 5.15 Å². The zero-order valence-corrected chi connectivity index (χ0v) is 13.8. The maximum absolute atomic E-state index is 6.28. The predicted octanol–water partition coefficient (Wildman–Crippen LogP) is 3.85. The van der Waals surface area contributed by atoms with E-state index in [4.69, 9.17) is 21.1 Å². The van der Waals surface area contributed by atoms with Gasteiger partial charge in [-0.2, -0.15) is 0 Å². The summed E-state index contributed by atoms with van der Waals surface area (Å²) in [5, 5.41) is 3.87. The lowest BCUT2D eigenvalue weighted by molar-refractivity contribution is -0.0687. The minimum Gasteiger partial charge on any atom is -0.444 e. The summed E-state index contributed by atoms with van der Waals surface area (Å²) in [5.41, 5.74) is 2.10. The van der Waals surface area contributed by atoms with Crippen LogP contribution >= 0.6 is 11.6 Å². The fraction of sp³-hybridized carbons (Fsp3) is 0.389. The number of fused-ring (bicyclic) bond motifs is 1. The largest absolute Gasteiger partial charge is 0.444 e. The fourth-order valence-corrected chi connectivity index (χ4v) is 3.48. The first-order chi connectivity index (χ1) is 11.2. The van der Waals surface area contributed by atoms with Crippen molar-refractivity contribution in [2.45, 2.75) is 31.5 Å². The quantitative estimate of drug-likeness (QED) is 0.849. The van der Waals surface area contributed by atoms with Crippen molar-refractivity contribution >= 4 is 11.6 Å². The van der Waals surface area contributed by atoms with Crippen LogP contribution in [0.3, 0.4) is 0 Å². The number of nitrogens with one attached hydrogen (secondary N) is 1. The number of pyridine rings is 1. The molecule has 1 fully saturated rings. The number of hydrogen-bond acceptors (Lipinski definition) is 4. The Hall–Kier alpha value is -1.78. The van der Waals surface area contributed by atoms with Gasteiger partial charge in [0.1, 0.15) is 5.15 Å². The van der Waals surface area contributed by atoms with Crippen molar-refractivity contribution in [2.75, 3.05) is 13.1 Å². The van der Waals surface area contributed by atoms with Gasteiger partial charge in [-0.1, -0.05) is 23.7 Å². The average molecular weight is 331 g/mol. The smallest absolute Gasteiger partial charge is 0.277 e. The average Bonchev–Trinajstić information content (AvgIpc) is 2.93. The van der Waals surface area contributed by atoms with Crippen molar-refractivity contribution in [3.8, 4) is 11.5 Å². The van der Waals surface area contributed by atoms with Crippen LogP contribution < -0.4 is 14.8 Å². The molecule has 2 aromatic rings. The van der Waals surface area contributed by atoms with E-state index in [1.807, 2.05) is 25.1 Å². The van der Waals surface area contributed by atoms with Gasteiger partial charge in [0, 0.05) is 18.7 Å². The van der Waals surface area contributed by atoms with Crippen LogP contribution in [0.1, 0.15) is 36.8 Å². The van der Waals surface area contributed by atoms with E-state index < -0.39 is 5.79 Å². The van der Waals surface area contributed by atoms with Gasteiger partial charge in [0.25, 0.3) is 5.79 Å². The van der Waals surface area contributed by atoms with Gasteiger partial charge in [0.05, 0.1) is 5.56 Å². The number of hydrogen-bond donors (Lipinski definition) is 1. The highest BCUT2D eigenvalue weighted by Crippen LogP contribution is 2.48. The molecule has 0 radical (unpaired) electrons. The number of nitrogens with zero attached hydrogens (tertiary/aromatic N) is 1. The molecule has 1 unspecified atom stereocenters. The molecule has 2 aliphatic rings. The SMILES string of the molecule is CC1(c2ccc(Cl)nc2)Oc2cccc(C3CCNCC3)c2O1. The molecule has 0 saturated carbocycles. The predicted molar refractivity (Wildman–Crippen MR) is 89.1 cm³/mol. The van der Waals surface area contributed by atoms with E-state index in [1.165, 1.54) is 5.56 Å². The highest BCUT2D eigenvalue weighted by atomic mass is 35.5. The van der Waals surface area contributed by atoms with E-state index >= 15 is 0 Å². The van der Waals surface area contributed by atoms with E-state index in [-0.39, 0.29) is 0 Å². The zero-order chi connectivity index (χ0) is 15.9. The molecule has 5 heteroatoms. The standard InChI is InChI=1S/C18H19ClN2O2/c1-18(13-5-6-16(19)21-11-13)22-15-4-2-3-14(17(15)23-18)12-7-9-20-10-8-12/h2-6,11-12,20H,7-10H2,1H3. The molecule has 0 spiro atoms. The zero-order valence-electron chi connectivity index (χ0n) is 13.0. The molecule has 3 heterocycles. The summed E-state index contributed by atoms with van der Waals surface area (Å²) in [5.74, 6) is 1.33. The maximum atomic E-state index is 6.28. The minimum absolute atomic E-state index is 0.461. The Morgan fingerprint density at radius 1 is 1.17 bits per heavy atom. The number of aromatic nitrogens is 1. The number of ether oxygens (including phenoxy) is 2. The molecular formula is C18H19ClN2O2. The molecule has 0 aliphatic carbocycles. The molecule has 1 atom stereocenters. The third-order valence-corrected chi connectivity index (χ3v) is 4.87. The molecule has 2 aliphatic heterocycles. The van der Waals surface area contributed by atoms with Gasteiger partial charge >= 0.3 is 0 Å². The van der Waals surface area contributed by atoms with Crippen LogP contribution in [0.5, 0.6) is 11.5 Å². The van der Waals surface area contributed by atoms with Gasteiger partial charge in [-0.3, -0.25) is 0 Å². The lowest BCUT2D eigenvalue weighted by Gasteiger charge is -2.25. The molecular weight excluding hydrogens is 312 g/mol. The summed E-state index contributed by atoms with van der Waals surface area (Å²) in [6.45, 7) is 4.02. The Morgan fingerprint density at radius 3 is 2.74 bits per heavy atom. The summed E-state index contributed by atoms with van der Waals surface area (Å²) >= 11 is 5.88. The molecule has 0 amide bonds. The first-order valence-corrected chi connectivity index (χ1v) is 8.37. The van der Waals surface area contributed by atoms with Gasteiger partial charge in [-0.05, 0) is 50.0 Å². The highest BCUT2D eigenvalue weighted by molar-refractivity contribution is 6.29. The highest BCUT2D eigenvalue weighted by Gasteiger charge is 2.41. The van der Waals surface area contributed by atoms with Gasteiger partial charge in [0.15, 0.2) is 11.5 Å². The second kappa shape index (κ2) is 5.69. The van der Waals surface area contributed by atoms with Crippen molar-refractivity contribution in [2.24, 2.45) is 0 Å². The summed E-state index contributed by atoms with van der Waals surface area (Å²) < 4.78 is 12.4. The maximum Gasteiger partial charge on any atom is 0.277 e. The topological polar surface area (TPSA) is 43.4 Å². The van der Waals surface area contributed by atoms with E-state index in [9.17, 15) is 0 Å². The van der Waals surface area contributed by atoms with Crippen LogP contribution in [0.4, 0.5) is 0 Å². The molecule has 4 nitrogen and oxygen atoms in total. The number of benzene rings is 1. The van der Waals surface area contributed by atoms with Crippen LogP contribution in [0.15, 0.2) is 36.5 Å². The van der Waals surface area contributed by atoms with Crippen molar-refractivity contribution < 1.29 is 9.47 Å². The molecule has 1 aromatic carbocycles. The summed E-state index contributed by atoms with van der Waals surface area (Å²) in [4.78, 5) is 4.14. The fourth-order valence-electron chi connectivity index (χ4n) is 3.36. The van der Waals surface area contributed by atoms with E-state index in [1.54, 1.807) is 12.3 Å². The number of rotatable bonds is 2. The van der Waals surface area contributed by atoms with Gasteiger partial charge in [-0.15, -0.1) is 0 Å². The Labute approximate surface area is 140 Å². The van der Waals surface area contributed by atoms with E-state index in [0.29, 0.717) is 11.1 Å². The summed E-state index contributed by atoms with van der Waals surface area (Å²) in [7, 11) is 0. The third kappa shape index (κ3) is 2.66. The van der Waals surface area contributed by atoms with Crippen molar-refractivity contribution in [3.05, 3.63) is 52.8 Å². The lowest BCUT2D eigenvalue weighted by Crippen LogP contribution is -2.32. The molecule has 1 saturated heterocycles. The van der Waals surface area contributed by atoms with E-state index in [2.05, 4.69) is 16.4 Å². The summed E-state index contributed by atoms with van der Waals surface area (Å²) in [6.07, 6.45) is 3.95. The molecule has 23 heavy (non-hydrogen) atoms. The molecule has 0 bridgehead atoms. The van der Waals surface area contributed by atoms with Crippen molar-refractivity contribution in [1.82, 2.24) is 10.3 Å². The molecule has 1 aromatic heterocycles. The number of halogens is 1. The van der Waals surface area contributed by atoms with Crippen LogP contribution in [0.25, 0.3) is 0 Å². The molecule has 4 rings (SSSR count). The Morgan fingerprint density at radius 2 is 2.00 bits per heavy atom. The number of para-hydroxylation sites is 1. The van der Waals surface area contributed by atoms with Gasteiger partial charge in [-0.25, -0.2) is 4.98 Å². The van der Waals surface area contributed by atoms with Crippen LogP contribution in [0, 0.1) is 0 Å². The molecule has 120 valence electrons. The molecule has 1 N–H and O–H groups in total. The summed E-state index contributed by atoms with van der Waals surface area (Å²) in [6, 6.07) is 9.82. The normalized spacial score (nSPS) is 23.9.